The average molecular weight is 276 g/mol. The molecule has 0 amide bonds. The molecule has 0 aliphatic carbocycles. The Labute approximate surface area is 119 Å². The monoisotopic (exact) mass is 276 g/mol. The van der Waals surface area contributed by atoms with Crippen LogP contribution in [0.4, 0.5) is 0 Å². The number of esters is 2. The Morgan fingerprint density at radius 1 is 1.00 bits per heavy atom. The fraction of sp³-hybridized carbons (Fsp3) is 0.375. The minimum absolute atomic E-state index is 0.239. The van der Waals surface area contributed by atoms with Crippen molar-refractivity contribution in [2.45, 2.75) is 26.7 Å². The van der Waals surface area contributed by atoms with E-state index in [9.17, 15) is 9.59 Å². The standard InChI is InChI=1S/C16H20O4/c1-3-5-6-9-12-20-16(18)14-11-8-7-10-13(14)15(17)19-4-2/h5-8,10-11H,3-4,9,12H2,1-2H3/b6-5-. The molecule has 0 saturated carbocycles. The molecule has 0 N–H and O–H groups in total. The van der Waals surface area contributed by atoms with E-state index in [1.165, 1.54) is 0 Å². The van der Waals surface area contributed by atoms with Gasteiger partial charge in [-0.3, -0.25) is 0 Å². The molecule has 0 aliphatic rings. The minimum atomic E-state index is -0.508. The molecule has 0 spiro atoms. The number of rotatable bonds is 7. The van der Waals surface area contributed by atoms with Crippen LogP contribution in [0.5, 0.6) is 0 Å². The van der Waals surface area contributed by atoms with Crippen LogP contribution in [0.3, 0.4) is 0 Å². The second-order valence-electron chi connectivity index (χ2n) is 4.07. The lowest BCUT2D eigenvalue weighted by Gasteiger charge is -2.08. The quantitative estimate of drug-likeness (QED) is 0.435. The number of carbonyl (C=O) groups excluding carboxylic acids is 2. The highest BCUT2D eigenvalue weighted by molar-refractivity contribution is 6.03. The third kappa shape index (κ3) is 4.88. The Morgan fingerprint density at radius 2 is 1.60 bits per heavy atom. The molecule has 0 heterocycles. The van der Waals surface area contributed by atoms with Gasteiger partial charge in [-0.1, -0.05) is 31.2 Å². The van der Waals surface area contributed by atoms with Gasteiger partial charge in [0.05, 0.1) is 24.3 Å². The summed E-state index contributed by atoms with van der Waals surface area (Å²) in [5, 5.41) is 0. The molecule has 0 fully saturated rings. The Kier molecular flexibility index (Phi) is 7.11. The molecular weight excluding hydrogens is 256 g/mol. The van der Waals surface area contributed by atoms with E-state index in [0.29, 0.717) is 13.0 Å². The summed E-state index contributed by atoms with van der Waals surface area (Å²) in [6.07, 6.45) is 5.60. The van der Waals surface area contributed by atoms with Gasteiger partial charge in [0.15, 0.2) is 0 Å². The van der Waals surface area contributed by atoms with Crippen molar-refractivity contribution in [1.29, 1.82) is 0 Å². The molecule has 0 unspecified atom stereocenters. The van der Waals surface area contributed by atoms with Crippen molar-refractivity contribution >= 4 is 11.9 Å². The number of carbonyl (C=O) groups is 2. The largest absolute Gasteiger partial charge is 0.462 e. The average Bonchev–Trinajstić information content (AvgIpc) is 2.47. The predicted octanol–water partition coefficient (Wildman–Crippen LogP) is 3.38. The zero-order valence-electron chi connectivity index (χ0n) is 11.9. The molecule has 1 rings (SSSR count). The first-order valence-electron chi connectivity index (χ1n) is 6.79. The summed E-state index contributed by atoms with van der Waals surface area (Å²) in [4.78, 5) is 23.7. The second-order valence-corrected chi connectivity index (χ2v) is 4.07. The maximum absolute atomic E-state index is 12.0. The summed E-state index contributed by atoms with van der Waals surface area (Å²) >= 11 is 0. The van der Waals surface area contributed by atoms with Crippen LogP contribution < -0.4 is 0 Å². The topological polar surface area (TPSA) is 52.6 Å². The molecule has 4 nitrogen and oxygen atoms in total. The van der Waals surface area contributed by atoms with Gasteiger partial charge < -0.3 is 9.47 Å². The lowest BCUT2D eigenvalue weighted by atomic mass is 10.1. The molecule has 0 saturated heterocycles. The summed E-state index contributed by atoms with van der Waals surface area (Å²) in [5.74, 6) is -1.01. The number of hydrogen-bond acceptors (Lipinski definition) is 4. The van der Waals surface area contributed by atoms with Crippen molar-refractivity contribution in [3.05, 3.63) is 47.5 Å². The van der Waals surface area contributed by atoms with Crippen LogP contribution in [-0.4, -0.2) is 25.2 Å². The third-order valence-corrected chi connectivity index (χ3v) is 2.56. The Hall–Kier alpha value is -2.10. The van der Waals surface area contributed by atoms with Gasteiger partial charge in [0.25, 0.3) is 0 Å². The van der Waals surface area contributed by atoms with Crippen LogP contribution in [0.15, 0.2) is 36.4 Å². The summed E-state index contributed by atoms with van der Waals surface area (Å²) in [6, 6.07) is 6.51. The van der Waals surface area contributed by atoms with Crippen molar-refractivity contribution in [2.75, 3.05) is 13.2 Å². The van der Waals surface area contributed by atoms with Crippen molar-refractivity contribution in [2.24, 2.45) is 0 Å². The van der Waals surface area contributed by atoms with Gasteiger partial charge in [-0.2, -0.15) is 0 Å². The number of hydrogen-bond donors (Lipinski definition) is 0. The fourth-order valence-electron chi connectivity index (χ4n) is 1.63. The molecular formula is C16H20O4. The fourth-order valence-corrected chi connectivity index (χ4v) is 1.63. The predicted molar refractivity (Wildman–Crippen MR) is 76.7 cm³/mol. The van der Waals surface area contributed by atoms with Crippen LogP contribution in [0.2, 0.25) is 0 Å². The summed E-state index contributed by atoms with van der Waals surface area (Å²) in [7, 11) is 0. The SMILES string of the molecule is CC/C=C\CCOC(=O)c1ccccc1C(=O)OCC. The number of allylic oxidation sites excluding steroid dienone is 1. The Morgan fingerprint density at radius 3 is 2.15 bits per heavy atom. The Bertz CT molecular complexity index is 477. The van der Waals surface area contributed by atoms with Crippen LogP contribution >= 0.6 is 0 Å². The number of benzene rings is 1. The van der Waals surface area contributed by atoms with Crippen LogP contribution in [0, 0.1) is 0 Å². The van der Waals surface area contributed by atoms with E-state index < -0.39 is 11.9 Å². The van der Waals surface area contributed by atoms with Gasteiger partial charge in [-0.25, -0.2) is 9.59 Å². The summed E-state index contributed by atoms with van der Waals surface area (Å²) in [5.41, 5.74) is 0.480. The van der Waals surface area contributed by atoms with Crippen LogP contribution in [0.25, 0.3) is 0 Å². The highest BCUT2D eigenvalue weighted by Gasteiger charge is 2.18. The first kappa shape index (κ1) is 16.0. The van der Waals surface area contributed by atoms with E-state index in [1.54, 1.807) is 31.2 Å². The molecule has 20 heavy (non-hydrogen) atoms. The highest BCUT2D eigenvalue weighted by Crippen LogP contribution is 2.12. The molecule has 0 atom stereocenters. The molecule has 0 bridgehead atoms. The molecule has 1 aromatic rings. The third-order valence-electron chi connectivity index (χ3n) is 2.56. The lowest BCUT2D eigenvalue weighted by molar-refractivity contribution is 0.0471. The molecule has 0 aromatic heterocycles. The lowest BCUT2D eigenvalue weighted by Crippen LogP contribution is -2.14. The molecule has 1 aromatic carbocycles. The second kappa shape index (κ2) is 8.91. The molecule has 108 valence electrons. The Balaban J connectivity index is 2.68. The first-order valence-corrected chi connectivity index (χ1v) is 6.79. The van der Waals surface area contributed by atoms with E-state index in [0.717, 1.165) is 6.42 Å². The van der Waals surface area contributed by atoms with Crippen LogP contribution in [0.1, 0.15) is 47.4 Å². The summed E-state index contributed by atoms with van der Waals surface area (Å²) < 4.78 is 10.1. The molecule has 0 aliphatic heterocycles. The van der Waals surface area contributed by atoms with E-state index in [1.807, 2.05) is 19.1 Å². The smallest absolute Gasteiger partial charge is 0.339 e. The zero-order valence-corrected chi connectivity index (χ0v) is 11.9. The van der Waals surface area contributed by atoms with E-state index in [2.05, 4.69) is 0 Å². The zero-order chi connectivity index (χ0) is 14.8. The summed E-state index contributed by atoms with van der Waals surface area (Å²) in [6.45, 7) is 4.33. The van der Waals surface area contributed by atoms with E-state index in [4.69, 9.17) is 9.47 Å². The van der Waals surface area contributed by atoms with Crippen molar-refractivity contribution in [3.8, 4) is 0 Å². The van der Waals surface area contributed by atoms with Gasteiger partial charge in [-0.05, 0) is 31.9 Å². The minimum Gasteiger partial charge on any atom is -0.462 e. The van der Waals surface area contributed by atoms with Gasteiger partial charge in [0.1, 0.15) is 0 Å². The highest BCUT2D eigenvalue weighted by atomic mass is 16.5. The maximum atomic E-state index is 12.0. The maximum Gasteiger partial charge on any atom is 0.339 e. The van der Waals surface area contributed by atoms with E-state index in [-0.39, 0.29) is 17.7 Å². The van der Waals surface area contributed by atoms with Crippen molar-refractivity contribution in [1.82, 2.24) is 0 Å². The van der Waals surface area contributed by atoms with Gasteiger partial charge in [0.2, 0.25) is 0 Å². The first-order chi connectivity index (χ1) is 9.70. The van der Waals surface area contributed by atoms with Crippen LogP contribution in [-0.2, 0) is 9.47 Å². The number of ether oxygens (including phenoxy) is 2. The van der Waals surface area contributed by atoms with Crippen molar-refractivity contribution < 1.29 is 19.1 Å². The van der Waals surface area contributed by atoms with Gasteiger partial charge in [-0.15, -0.1) is 0 Å². The van der Waals surface area contributed by atoms with Gasteiger partial charge in [0, 0.05) is 0 Å². The van der Waals surface area contributed by atoms with Crippen molar-refractivity contribution in [3.63, 3.8) is 0 Å². The normalized spacial score (nSPS) is 10.5. The molecule has 0 radical (unpaired) electrons. The molecule has 4 heteroatoms. The van der Waals surface area contributed by atoms with Gasteiger partial charge >= 0.3 is 11.9 Å². The van der Waals surface area contributed by atoms with E-state index >= 15 is 0 Å².